The summed E-state index contributed by atoms with van der Waals surface area (Å²) in [6.07, 6.45) is 2.62. The summed E-state index contributed by atoms with van der Waals surface area (Å²) in [4.78, 5) is 19.1. The Morgan fingerprint density at radius 1 is 1.28 bits per heavy atom. The van der Waals surface area contributed by atoms with E-state index < -0.39 is 0 Å². The van der Waals surface area contributed by atoms with Gasteiger partial charge < -0.3 is 10.2 Å². The van der Waals surface area contributed by atoms with Crippen molar-refractivity contribution in [1.82, 2.24) is 19.7 Å². The molecular weight excluding hydrogens is 314 g/mol. The van der Waals surface area contributed by atoms with Crippen LogP contribution in [-0.4, -0.2) is 44.7 Å². The van der Waals surface area contributed by atoms with Crippen LogP contribution >= 0.6 is 0 Å². The smallest absolute Gasteiger partial charge is 0.224 e. The Morgan fingerprint density at radius 3 is 2.84 bits per heavy atom. The predicted molar refractivity (Wildman–Crippen MR) is 98.5 cm³/mol. The molecule has 0 spiro atoms. The van der Waals surface area contributed by atoms with Crippen LogP contribution in [0.2, 0.25) is 0 Å². The minimum absolute atomic E-state index is 0.217. The van der Waals surface area contributed by atoms with Crippen LogP contribution in [0.3, 0.4) is 0 Å². The number of amides is 1. The van der Waals surface area contributed by atoms with Gasteiger partial charge in [0, 0.05) is 43.5 Å². The number of hydrogen-bond acceptors (Lipinski definition) is 4. The van der Waals surface area contributed by atoms with Crippen LogP contribution in [0.4, 0.5) is 5.82 Å². The molecule has 1 atom stereocenters. The van der Waals surface area contributed by atoms with Crippen molar-refractivity contribution in [3.8, 4) is 0 Å². The molecule has 2 aromatic heterocycles. The molecule has 1 amide bonds. The first kappa shape index (κ1) is 17.5. The van der Waals surface area contributed by atoms with Crippen LogP contribution in [0.5, 0.6) is 0 Å². The van der Waals surface area contributed by atoms with E-state index in [0.717, 1.165) is 48.8 Å². The van der Waals surface area contributed by atoms with Crippen molar-refractivity contribution >= 4 is 11.7 Å². The van der Waals surface area contributed by atoms with E-state index in [1.807, 2.05) is 54.6 Å². The lowest BCUT2D eigenvalue weighted by molar-refractivity contribution is -0.132. The lowest BCUT2D eigenvalue weighted by Crippen LogP contribution is -2.40. The number of aryl methyl sites for hydroxylation is 4. The fourth-order valence-electron chi connectivity index (χ4n) is 3.49. The van der Waals surface area contributed by atoms with Crippen molar-refractivity contribution in [3.05, 3.63) is 41.3 Å². The molecule has 6 heteroatoms. The summed E-state index contributed by atoms with van der Waals surface area (Å²) >= 11 is 0. The zero-order valence-corrected chi connectivity index (χ0v) is 15.3. The molecule has 1 aliphatic rings. The Balaban J connectivity index is 1.53. The summed E-state index contributed by atoms with van der Waals surface area (Å²) in [5, 5.41) is 7.81. The molecule has 0 aliphatic carbocycles. The maximum absolute atomic E-state index is 12.7. The van der Waals surface area contributed by atoms with Gasteiger partial charge in [0.25, 0.3) is 0 Å². The minimum atomic E-state index is 0.217. The number of carbonyl (C=O) groups excluding carboxylic acids is 1. The van der Waals surface area contributed by atoms with Gasteiger partial charge in [-0.05, 0) is 51.8 Å². The SMILES string of the molecule is Cc1cccc(NC[C@H]2CCCN2C(=O)CCn2nc(C)cc2C)n1. The average Bonchev–Trinajstić information content (AvgIpc) is 3.17. The second-order valence-corrected chi connectivity index (χ2v) is 6.83. The average molecular weight is 341 g/mol. The van der Waals surface area contributed by atoms with Gasteiger partial charge in [0.05, 0.1) is 5.69 Å². The maximum Gasteiger partial charge on any atom is 0.224 e. The number of likely N-dealkylation sites (tertiary alicyclic amines) is 1. The van der Waals surface area contributed by atoms with Crippen LogP contribution < -0.4 is 5.32 Å². The van der Waals surface area contributed by atoms with Crippen LogP contribution in [0.15, 0.2) is 24.3 Å². The summed E-state index contributed by atoms with van der Waals surface area (Å²) in [5.41, 5.74) is 3.10. The molecule has 6 nitrogen and oxygen atoms in total. The zero-order chi connectivity index (χ0) is 17.8. The van der Waals surface area contributed by atoms with Crippen molar-refractivity contribution < 1.29 is 4.79 Å². The van der Waals surface area contributed by atoms with E-state index in [4.69, 9.17) is 0 Å². The molecule has 0 saturated carbocycles. The molecule has 1 saturated heterocycles. The van der Waals surface area contributed by atoms with E-state index in [1.54, 1.807) is 0 Å². The molecule has 25 heavy (non-hydrogen) atoms. The van der Waals surface area contributed by atoms with Gasteiger partial charge in [0.1, 0.15) is 5.82 Å². The Labute approximate surface area is 149 Å². The molecule has 0 aromatic carbocycles. The number of pyridine rings is 1. The Kier molecular flexibility index (Phi) is 5.36. The molecule has 0 unspecified atom stereocenters. The highest BCUT2D eigenvalue weighted by Gasteiger charge is 2.28. The Bertz CT molecular complexity index is 739. The molecule has 0 bridgehead atoms. The fraction of sp³-hybridized carbons (Fsp3) is 0.526. The van der Waals surface area contributed by atoms with Gasteiger partial charge in [-0.15, -0.1) is 0 Å². The molecule has 1 N–H and O–H groups in total. The highest BCUT2D eigenvalue weighted by molar-refractivity contribution is 5.76. The topological polar surface area (TPSA) is 63.1 Å². The maximum atomic E-state index is 12.7. The van der Waals surface area contributed by atoms with E-state index in [9.17, 15) is 4.79 Å². The van der Waals surface area contributed by atoms with E-state index in [0.29, 0.717) is 13.0 Å². The van der Waals surface area contributed by atoms with Crippen LogP contribution in [-0.2, 0) is 11.3 Å². The third kappa shape index (κ3) is 4.38. The summed E-state index contributed by atoms with van der Waals surface area (Å²) in [6, 6.07) is 8.24. The number of carbonyl (C=O) groups is 1. The van der Waals surface area contributed by atoms with Crippen LogP contribution in [0, 0.1) is 20.8 Å². The van der Waals surface area contributed by atoms with Gasteiger partial charge in [0.15, 0.2) is 0 Å². The van der Waals surface area contributed by atoms with Gasteiger partial charge in [-0.2, -0.15) is 5.10 Å². The zero-order valence-electron chi connectivity index (χ0n) is 15.3. The number of nitrogens with zero attached hydrogens (tertiary/aromatic N) is 4. The van der Waals surface area contributed by atoms with E-state index >= 15 is 0 Å². The molecular formula is C19H27N5O. The Morgan fingerprint density at radius 2 is 2.12 bits per heavy atom. The third-order valence-electron chi connectivity index (χ3n) is 4.75. The summed E-state index contributed by atoms with van der Waals surface area (Å²) in [5.74, 6) is 1.09. The fourth-order valence-corrected chi connectivity index (χ4v) is 3.49. The molecule has 3 rings (SSSR count). The highest BCUT2D eigenvalue weighted by atomic mass is 16.2. The van der Waals surface area contributed by atoms with Crippen molar-refractivity contribution in [2.24, 2.45) is 0 Å². The van der Waals surface area contributed by atoms with Gasteiger partial charge in [-0.1, -0.05) is 6.07 Å². The normalized spacial score (nSPS) is 17.1. The monoisotopic (exact) mass is 341 g/mol. The summed E-state index contributed by atoms with van der Waals surface area (Å²) < 4.78 is 1.92. The molecule has 1 aliphatic heterocycles. The first-order valence-electron chi connectivity index (χ1n) is 9.01. The molecule has 3 heterocycles. The number of rotatable bonds is 6. The highest BCUT2D eigenvalue weighted by Crippen LogP contribution is 2.19. The largest absolute Gasteiger partial charge is 0.368 e. The van der Waals surface area contributed by atoms with Crippen molar-refractivity contribution in [1.29, 1.82) is 0 Å². The van der Waals surface area contributed by atoms with E-state index in [1.165, 1.54) is 0 Å². The molecule has 0 radical (unpaired) electrons. The minimum Gasteiger partial charge on any atom is -0.368 e. The van der Waals surface area contributed by atoms with Crippen molar-refractivity contribution in [3.63, 3.8) is 0 Å². The molecule has 2 aromatic rings. The number of aromatic nitrogens is 3. The number of anilines is 1. The number of hydrogen-bond donors (Lipinski definition) is 1. The predicted octanol–water partition coefficient (Wildman–Crippen LogP) is 2.70. The molecule has 1 fully saturated rings. The lowest BCUT2D eigenvalue weighted by atomic mass is 10.2. The van der Waals surface area contributed by atoms with Gasteiger partial charge >= 0.3 is 0 Å². The lowest BCUT2D eigenvalue weighted by Gasteiger charge is -2.25. The first-order chi connectivity index (χ1) is 12.0. The molecule has 134 valence electrons. The van der Waals surface area contributed by atoms with Gasteiger partial charge in [0.2, 0.25) is 5.91 Å². The van der Waals surface area contributed by atoms with Gasteiger partial charge in [-0.3, -0.25) is 9.48 Å². The summed E-state index contributed by atoms with van der Waals surface area (Å²) in [6.45, 7) is 8.24. The van der Waals surface area contributed by atoms with Crippen molar-refractivity contribution in [2.75, 3.05) is 18.4 Å². The number of nitrogens with one attached hydrogen (secondary N) is 1. The van der Waals surface area contributed by atoms with Crippen LogP contribution in [0.25, 0.3) is 0 Å². The Hall–Kier alpha value is -2.37. The quantitative estimate of drug-likeness (QED) is 0.877. The van der Waals surface area contributed by atoms with Gasteiger partial charge in [-0.25, -0.2) is 4.98 Å². The second-order valence-electron chi connectivity index (χ2n) is 6.83. The van der Waals surface area contributed by atoms with Crippen molar-refractivity contribution in [2.45, 2.75) is 52.6 Å². The first-order valence-corrected chi connectivity index (χ1v) is 9.01. The summed E-state index contributed by atoms with van der Waals surface area (Å²) in [7, 11) is 0. The second kappa shape index (κ2) is 7.68. The van der Waals surface area contributed by atoms with E-state index in [-0.39, 0.29) is 11.9 Å². The van der Waals surface area contributed by atoms with E-state index in [2.05, 4.69) is 15.4 Å². The standard InChI is InChI=1S/C19H27N5O/c1-14-6-4-8-18(21-14)20-13-17-7-5-10-23(17)19(25)9-11-24-16(3)12-15(2)22-24/h4,6,8,12,17H,5,7,9-11,13H2,1-3H3,(H,20,21)/t17-/m1/s1. The third-order valence-corrected chi connectivity index (χ3v) is 4.75. The van der Waals surface area contributed by atoms with Crippen LogP contribution in [0.1, 0.15) is 36.3 Å².